The highest BCUT2D eigenvalue weighted by atomic mass is 16.8. The molecule has 0 saturated carbocycles. The number of aliphatic hydroxyl groups excluding tert-OH is 1. The Balaban J connectivity index is 1.86. The van der Waals surface area contributed by atoms with E-state index in [0.717, 1.165) is 12.8 Å². The third kappa shape index (κ3) is 4.79. The Morgan fingerprint density at radius 2 is 2.23 bits per heavy atom. The molecule has 0 aliphatic carbocycles. The maximum Gasteiger partial charge on any atom is 0.431 e. The molecule has 2 aliphatic heterocycles. The van der Waals surface area contributed by atoms with Crippen molar-refractivity contribution < 1.29 is 33.7 Å². The molecule has 0 spiro atoms. The zero-order valence-electron chi connectivity index (χ0n) is 13.2. The predicted molar refractivity (Wildman–Crippen MR) is 74.7 cm³/mol. The Morgan fingerprint density at radius 3 is 2.95 bits per heavy atom. The topological polar surface area (TPSA) is 95.5 Å². The lowest BCUT2D eigenvalue weighted by Gasteiger charge is -2.46. The summed E-state index contributed by atoms with van der Waals surface area (Å²) >= 11 is 0. The predicted octanol–water partition coefficient (Wildman–Crippen LogP) is 1.07. The van der Waals surface area contributed by atoms with Gasteiger partial charge in [-0.05, 0) is 20.3 Å². The van der Waals surface area contributed by atoms with E-state index in [4.69, 9.17) is 23.8 Å². The number of hydrogen-bond acceptors (Lipinski definition) is 7. The Bertz CT molecular complexity index is 376. The largest absolute Gasteiger partial charge is 0.448 e. The molecule has 2 rings (SSSR count). The highest BCUT2D eigenvalue weighted by Gasteiger charge is 2.47. The van der Waals surface area contributed by atoms with Crippen LogP contribution in [0.3, 0.4) is 0 Å². The van der Waals surface area contributed by atoms with Crippen molar-refractivity contribution in [2.75, 3.05) is 13.2 Å². The highest BCUT2D eigenvalue weighted by Crippen LogP contribution is 2.32. The average molecular weight is 319 g/mol. The molecule has 2 saturated heterocycles. The van der Waals surface area contributed by atoms with Gasteiger partial charge in [-0.1, -0.05) is 13.3 Å². The summed E-state index contributed by atoms with van der Waals surface area (Å²) in [4.78, 5) is 16.9. The zero-order chi connectivity index (χ0) is 16.2. The van der Waals surface area contributed by atoms with Crippen LogP contribution in [0.25, 0.3) is 0 Å². The Kier molecular flexibility index (Phi) is 5.99. The molecule has 128 valence electrons. The molecule has 0 aromatic heterocycles. The Morgan fingerprint density at radius 1 is 1.45 bits per heavy atom. The van der Waals surface area contributed by atoms with Crippen molar-refractivity contribution in [3.05, 3.63) is 0 Å². The summed E-state index contributed by atoms with van der Waals surface area (Å²) in [5.41, 5.74) is 2.24. The van der Waals surface area contributed by atoms with E-state index in [-0.39, 0.29) is 13.0 Å². The van der Waals surface area contributed by atoms with Crippen molar-refractivity contribution in [3.63, 3.8) is 0 Å². The molecule has 0 aromatic rings. The minimum Gasteiger partial charge on any atom is -0.448 e. The number of unbranched alkanes of at least 4 members (excludes halogenated alkanes) is 1. The van der Waals surface area contributed by atoms with Gasteiger partial charge in [0.05, 0.1) is 13.2 Å². The number of hydroxylamine groups is 1. The van der Waals surface area contributed by atoms with Crippen LogP contribution in [0.15, 0.2) is 0 Å². The van der Waals surface area contributed by atoms with Crippen LogP contribution in [-0.2, 0) is 23.8 Å². The van der Waals surface area contributed by atoms with Crippen molar-refractivity contribution in [3.8, 4) is 0 Å². The highest BCUT2D eigenvalue weighted by molar-refractivity contribution is 5.65. The van der Waals surface area contributed by atoms with E-state index in [1.807, 2.05) is 6.92 Å². The fourth-order valence-corrected chi connectivity index (χ4v) is 2.42. The van der Waals surface area contributed by atoms with Crippen molar-refractivity contribution >= 4 is 6.09 Å². The molecule has 0 bridgehead atoms. The number of nitrogens with one attached hydrogen (secondary N) is 1. The summed E-state index contributed by atoms with van der Waals surface area (Å²) in [5.74, 6) is -0.768. The van der Waals surface area contributed by atoms with Gasteiger partial charge < -0.3 is 24.1 Å². The van der Waals surface area contributed by atoms with E-state index in [2.05, 4.69) is 5.48 Å². The number of carbonyl (C=O) groups is 1. The molecular formula is C14H25NO7. The standard InChI is InChI=1S/C14H25NO7/c1-4-5-6-18-13(17)15-22-9-7-11(16)20-10-8-19-14(2,3)21-12(9)10/h9-12,16H,4-8H2,1-3H3,(H,15,17)/t9-,10+,11-,12+/m0/s1. The Hall–Kier alpha value is -0.930. The summed E-state index contributed by atoms with van der Waals surface area (Å²) in [5, 5.41) is 9.73. The summed E-state index contributed by atoms with van der Waals surface area (Å²) in [6.07, 6.45) is -1.16. The van der Waals surface area contributed by atoms with Gasteiger partial charge in [0.25, 0.3) is 0 Å². The molecule has 0 aromatic carbocycles. The number of amides is 1. The molecule has 1 amide bonds. The van der Waals surface area contributed by atoms with Crippen LogP contribution >= 0.6 is 0 Å². The van der Waals surface area contributed by atoms with Gasteiger partial charge >= 0.3 is 6.09 Å². The van der Waals surface area contributed by atoms with Gasteiger partial charge in [0, 0.05) is 6.42 Å². The lowest BCUT2D eigenvalue weighted by atomic mass is 10.00. The minimum atomic E-state index is -0.988. The van der Waals surface area contributed by atoms with E-state index < -0.39 is 36.5 Å². The molecular weight excluding hydrogens is 294 g/mol. The summed E-state index contributed by atoms with van der Waals surface area (Å²) in [7, 11) is 0. The molecule has 0 radical (unpaired) electrons. The van der Waals surface area contributed by atoms with Crippen LogP contribution in [-0.4, -0.2) is 54.8 Å². The van der Waals surface area contributed by atoms with E-state index in [1.165, 1.54) is 0 Å². The first-order chi connectivity index (χ1) is 10.4. The lowest BCUT2D eigenvalue weighted by molar-refractivity contribution is -0.365. The first-order valence-electron chi connectivity index (χ1n) is 7.65. The molecule has 8 nitrogen and oxygen atoms in total. The van der Waals surface area contributed by atoms with Gasteiger partial charge in [0.2, 0.25) is 0 Å². The van der Waals surface area contributed by atoms with Gasteiger partial charge in [0.15, 0.2) is 12.1 Å². The van der Waals surface area contributed by atoms with E-state index in [1.54, 1.807) is 13.8 Å². The van der Waals surface area contributed by atoms with Gasteiger partial charge in [0.1, 0.15) is 18.3 Å². The van der Waals surface area contributed by atoms with E-state index in [0.29, 0.717) is 6.61 Å². The Labute approximate surface area is 129 Å². The quantitative estimate of drug-likeness (QED) is 0.578. The average Bonchev–Trinajstić information content (AvgIpc) is 2.45. The van der Waals surface area contributed by atoms with Gasteiger partial charge in [-0.2, -0.15) is 5.48 Å². The summed E-state index contributed by atoms with van der Waals surface area (Å²) < 4.78 is 21.6. The second kappa shape index (κ2) is 7.56. The molecule has 2 aliphatic rings. The molecule has 22 heavy (non-hydrogen) atoms. The van der Waals surface area contributed by atoms with Crippen molar-refractivity contribution in [2.45, 2.75) is 70.4 Å². The van der Waals surface area contributed by atoms with E-state index >= 15 is 0 Å². The molecule has 2 heterocycles. The first kappa shape index (κ1) is 17.4. The van der Waals surface area contributed by atoms with Gasteiger partial charge in [-0.25, -0.2) is 4.79 Å². The van der Waals surface area contributed by atoms with Gasteiger partial charge in [-0.3, -0.25) is 4.84 Å². The van der Waals surface area contributed by atoms with Crippen molar-refractivity contribution in [1.82, 2.24) is 5.48 Å². The molecule has 4 atom stereocenters. The summed E-state index contributed by atoms with van der Waals surface area (Å²) in [6, 6.07) is 0. The number of rotatable bonds is 5. The molecule has 2 N–H and O–H groups in total. The van der Waals surface area contributed by atoms with Crippen LogP contribution in [0.5, 0.6) is 0 Å². The lowest BCUT2D eigenvalue weighted by Crippen LogP contribution is -2.60. The number of fused-ring (bicyclic) bond motifs is 1. The fourth-order valence-electron chi connectivity index (χ4n) is 2.42. The SMILES string of the molecule is CCCCOC(=O)NO[C@H]1C[C@@H](O)O[C@@H]2COC(C)(C)O[C@H]12. The van der Waals surface area contributed by atoms with Crippen LogP contribution in [0.2, 0.25) is 0 Å². The maximum absolute atomic E-state index is 11.5. The second-order valence-electron chi connectivity index (χ2n) is 5.91. The second-order valence-corrected chi connectivity index (χ2v) is 5.91. The zero-order valence-corrected chi connectivity index (χ0v) is 13.2. The minimum absolute atomic E-state index is 0.187. The number of carbonyl (C=O) groups excluding carboxylic acids is 1. The molecule has 0 unspecified atom stereocenters. The van der Waals surface area contributed by atoms with Crippen molar-refractivity contribution in [2.24, 2.45) is 0 Å². The first-order valence-corrected chi connectivity index (χ1v) is 7.65. The van der Waals surface area contributed by atoms with Crippen LogP contribution < -0.4 is 5.48 Å². The number of aliphatic hydroxyl groups is 1. The third-order valence-electron chi connectivity index (χ3n) is 3.54. The van der Waals surface area contributed by atoms with Crippen LogP contribution in [0.4, 0.5) is 4.79 Å². The number of hydrogen-bond donors (Lipinski definition) is 2. The monoisotopic (exact) mass is 319 g/mol. The van der Waals surface area contributed by atoms with Crippen LogP contribution in [0.1, 0.15) is 40.0 Å². The third-order valence-corrected chi connectivity index (χ3v) is 3.54. The molecule has 8 heteroatoms. The maximum atomic E-state index is 11.5. The van der Waals surface area contributed by atoms with Crippen LogP contribution in [0, 0.1) is 0 Å². The van der Waals surface area contributed by atoms with Gasteiger partial charge in [-0.15, -0.1) is 0 Å². The van der Waals surface area contributed by atoms with Crippen molar-refractivity contribution in [1.29, 1.82) is 0 Å². The molecule has 2 fully saturated rings. The normalized spacial score (nSPS) is 33.8. The number of ether oxygens (including phenoxy) is 4. The smallest absolute Gasteiger partial charge is 0.431 e. The summed E-state index contributed by atoms with van der Waals surface area (Å²) in [6.45, 7) is 6.21. The van der Waals surface area contributed by atoms with E-state index in [9.17, 15) is 9.90 Å². The fraction of sp³-hybridized carbons (Fsp3) is 0.929.